The summed E-state index contributed by atoms with van der Waals surface area (Å²) in [5.41, 5.74) is 8.10. The summed E-state index contributed by atoms with van der Waals surface area (Å²) in [5.74, 6) is 0.967. The Hall–Kier alpha value is -2.23. The predicted octanol–water partition coefficient (Wildman–Crippen LogP) is 3.30. The predicted molar refractivity (Wildman–Crippen MR) is 72.9 cm³/mol. The van der Waals surface area contributed by atoms with Crippen LogP contribution in [0.3, 0.4) is 0 Å². The standard InChI is InChI=1S/C15H16FNO2/c1-10-3-4-12(16)7-11(10)9-19-13-5-6-15(18-2)14(17)8-13/h3-8H,9,17H2,1-2H3. The van der Waals surface area contributed by atoms with E-state index in [2.05, 4.69) is 0 Å². The van der Waals surface area contributed by atoms with Gasteiger partial charge in [0.05, 0.1) is 12.8 Å². The van der Waals surface area contributed by atoms with Crippen molar-refractivity contribution >= 4 is 5.69 Å². The molecule has 19 heavy (non-hydrogen) atoms. The third-order valence-corrected chi connectivity index (χ3v) is 2.91. The van der Waals surface area contributed by atoms with E-state index in [4.69, 9.17) is 15.2 Å². The van der Waals surface area contributed by atoms with Gasteiger partial charge in [0.15, 0.2) is 0 Å². The van der Waals surface area contributed by atoms with Gasteiger partial charge in [-0.1, -0.05) is 6.07 Å². The van der Waals surface area contributed by atoms with Crippen molar-refractivity contribution in [1.29, 1.82) is 0 Å². The summed E-state index contributed by atoms with van der Waals surface area (Å²) in [4.78, 5) is 0. The highest BCUT2D eigenvalue weighted by atomic mass is 19.1. The summed E-state index contributed by atoms with van der Waals surface area (Å²) in [6.07, 6.45) is 0. The summed E-state index contributed by atoms with van der Waals surface area (Å²) >= 11 is 0. The minimum atomic E-state index is -0.265. The quantitative estimate of drug-likeness (QED) is 0.859. The molecule has 2 rings (SSSR count). The molecule has 2 aromatic rings. The summed E-state index contributed by atoms with van der Waals surface area (Å²) in [6.45, 7) is 2.22. The van der Waals surface area contributed by atoms with Crippen molar-refractivity contribution < 1.29 is 13.9 Å². The maximum absolute atomic E-state index is 13.1. The normalized spacial score (nSPS) is 10.3. The number of hydrogen-bond acceptors (Lipinski definition) is 3. The number of benzene rings is 2. The van der Waals surface area contributed by atoms with Crippen molar-refractivity contribution in [2.45, 2.75) is 13.5 Å². The van der Waals surface area contributed by atoms with E-state index in [0.29, 0.717) is 23.8 Å². The second-order valence-electron chi connectivity index (χ2n) is 4.26. The Bertz CT molecular complexity index is 584. The maximum atomic E-state index is 13.1. The van der Waals surface area contributed by atoms with E-state index in [0.717, 1.165) is 11.1 Å². The van der Waals surface area contributed by atoms with Gasteiger partial charge in [-0.3, -0.25) is 0 Å². The van der Waals surface area contributed by atoms with Crippen LogP contribution in [0, 0.1) is 12.7 Å². The second kappa shape index (κ2) is 5.61. The lowest BCUT2D eigenvalue weighted by molar-refractivity contribution is 0.304. The lowest BCUT2D eigenvalue weighted by Gasteiger charge is -2.11. The van der Waals surface area contributed by atoms with Gasteiger partial charge in [-0.25, -0.2) is 4.39 Å². The molecule has 0 aliphatic heterocycles. The van der Waals surface area contributed by atoms with Crippen LogP contribution < -0.4 is 15.2 Å². The van der Waals surface area contributed by atoms with Crippen LogP contribution in [0.15, 0.2) is 36.4 Å². The highest BCUT2D eigenvalue weighted by molar-refractivity contribution is 5.56. The molecule has 0 amide bonds. The van der Waals surface area contributed by atoms with Gasteiger partial charge >= 0.3 is 0 Å². The maximum Gasteiger partial charge on any atom is 0.142 e. The highest BCUT2D eigenvalue weighted by Gasteiger charge is 2.04. The second-order valence-corrected chi connectivity index (χ2v) is 4.26. The Kier molecular flexibility index (Phi) is 3.90. The van der Waals surface area contributed by atoms with Crippen LogP contribution in [-0.4, -0.2) is 7.11 Å². The van der Waals surface area contributed by atoms with E-state index >= 15 is 0 Å². The van der Waals surface area contributed by atoms with Crippen LogP contribution in [0.2, 0.25) is 0 Å². The van der Waals surface area contributed by atoms with Gasteiger partial charge < -0.3 is 15.2 Å². The van der Waals surface area contributed by atoms with Gasteiger partial charge in [0.2, 0.25) is 0 Å². The van der Waals surface area contributed by atoms with Crippen LogP contribution in [0.4, 0.5) is 10.1 Å². The monoisotopic (exact) mass is 261 g/mol. The Morgan fingerprint density at radius 1 is 1.16 bits per heavy atom. The van der Waals surface area contributed by atoms with Crippen molar-refractivity contribution in [1.82, 2.24) is 0 Å². The number of anilines is 1. The molecule has 0 saturated carbocycles. The first-order valence-corrected chi connectivity index (χ1v) is 5.91. The van der Waals surface area contributed by atoms with Crippen LogP contribution in [0.5, 0.6) is 11.5 Å². The van der Waals surface area contributed by atoms with Gasteiger partial charge in [-0.2, -0.15) is 0 Å². The minimum absolute atomic E-state index is 0.265. The zero-order chi connectivity index (χ0) is 13.8. The number of nitrogens with two attached hydrogens (primary N) is 1. The zero-order valence-electron chi connectivity index (χ0n) is 10.9. The van der Waals surface area contributed by atoms with Gasteiger partial charge in [0.25, 0.3) is 0 Å². The SMILES string of the molecule is COc1ccc(OCc2cc(F)ccc2C)cc1N. The van der Waals surface area contributed by atoms with Crippen LogP contribution in [0.1, 0.15) is 11.1 Å². The van der Waals surface area contributed by atoms with Gasteiger partial charge in [0.1, 0.15) is 23.9 Å². The van der Waals surface area contributed by atoms with Crippen molar-refractivity contribution in [2.24, 2.45) is 0 Å². The highest BCUT2D eigenvalue weighted by Crippen LogP contribution is 2.26. The molecule has 0 spiro atoms. The van der Waals surface area contributed by atoms with E-state index in [-0.39, 0.29) is 5.82 Å². The number of ether oxygens (including phenoxy) is 2. The van der Waals surface area contributed by atoms with Crippen molar-refractivity contribution in [2.75, 3.05) is 12.8 Å². The first kappa shape index (κ1) is 13.2. The average molecular weight is 261 g/mol. The van der Waals surface area contributed by atoms with Crippen molar-refractivity contribution in [3.8, 4) is 11.5 Å². The first-order valence-electron chi connectivity index (χ1n) is 5.91. The van der Waals surface area contributed by atoms with Crippen molar-refractivity contribution in [3.63, 3.8) is 0 Å². The summed E-state index contributed by atoms with van der Waals surface area (Å²) < 4.78 is 23.8. The van der Waals surface area contributed by atoms with Gasteiger partial charge in [-0.05, 0) is 42.3 Å². The molecule has 4 heteroatoms. The molecule has 0 fully saturated rings. The molecule has 0 unspecified atom stereocenters. The van der Waals surface area contributed by atoms with Crippen LogP contribution in [-0.2, 0) is 6.61 Å². The molecular weight excluding hydrogens is 245 g/mol. The largest absolute Gasteiger partial charge is 0.495 e. The van der Waals surface area contributed by atoms with Crippen LogP contribution in [0.25, 0.3) is 0 Å². The Morgan fingerprint density at radius 3 is 2.63 bits per heavy atom. The molecule has 0 aliphatic carbocycles. The molecule has 0 heterocycles. The molecule has 0 aliphatic rings. The average Bonchev–Trinajstić information content (AvgIpc) is 2.40. The number of aryl methyl sites for hydroxylation is 1. The third-order valence-electron chi connectivity index (χ3n) is 2.91. The van der Waals surface area contributed by atoms with Gasteiger partial charge in [0, 0.05) is 6.07 Å². The van der Waals surface area contributed by atoms with E-state index < -0.39 is 0 Å². The number of nitrogen functional groups attached to an aromatic ring is 1. The number of halogens is 1. The molecule has 0 radical (unpaired) electrons. The molecule has 0 saturated heterocycles. The first-order chi connectivity index (χ1) is 9.10. The lowest BCUT2D eigenvalue weighted by atomic mass is 10.1. The Labute approximate surface area is 111 Å². The van der Waals surface area contributed by atoms with E-state index in [1.807, 2.05) is 6.92 Å². The smallest absolute Gasteiger partial charge is 0.142 e. The lowest BCUT2D eigenvalue weighted by Crippen LogP contribution is -2.00. The zero-order valence-corrected chi connectivity index (χ0v) is 10.9. The Morgan fingerprint density at radius 2 is 1.95 bits per heavy atom. The number of methoxy groups -OCH3 is 1. The molecule has 100 valence electrons. The molecular formula is C15H16FNO2. The molecule has 2 aromatic carbocycles. The number of rotatable bonds is 4. The topological polar surface area (TPSA) is 44.5 Å². The Balaban J connectivity index is 2.10. The fraction of sp³-hybridized carbons (Fsp3) is 0.200. The molecule has 0 atom stereocenters. The molecule has 2 N–H and O–H groups in total. The molecule has 0 aromatic heterocycles. The van der Waals surface area contributed by atoms with E-state index in [1.165, 1.54) is 12.1 Å². The fourth-order valence-electron chi connectivity index (χ4n) is 1.76. The van der Waals surface area contributed by atoms with E-state index in [9.17, 15) is 4.39 Å². The van der Waals surface area contributed by atoms with E-state index in [1.54, 1.807) is 31.4 Å². The van der Waals surface area contributed by atoms with Gasteiger partial charge in [-0.15, -0.1) is 0 Å². The summed E-state index contributed by atoms with van der Waals surface area (Å²) in [7, 11) is 1.56. The summed E-state index contributed by atoms with van der Waals surface area (Å²) in [6, 6.07) is 9.84. The minimum Gasteiger partial charge on any atom is -0.495 e. The fourth-order valence-corrected chi connectivity index (χ4v) is 1.76. The molecule has 0 bridgehead atoms. The third kappa shape index (κ3) is 3.16. The molecule has 3 nitrogen and oxygen atoms in total. The number of hydrogen-bond donors (Lipinski definition) is 1. The van der Waals surface area contributed by atoms with Crippen LogP contribution >= 0.6 is 0 Å². The van der Waals surface area contributed by atoms with Crippen molar-refractivity contribution in [3.05, 3.63) is 53.3 Å². The summed E-state index contributed by atoms with van der Waals surface area (Å²) in [5, 5.41) is 0.